The fourth-order valence-corrected chi connectivity index (χ4v) is 3.08. The molecule has 0 aromatic heterocycles. The number of rotatable bonds is 5. The van der Waals surface area contributed by atoms with Gasteiger partial charge in [-0.1, -0.05) is 29.3 Å². The smallest absolute Gasteiger partial charge is 0.331 e. The molecule has 0 bridgehead atoms. The second-order valence-corrected chi connectivity index (χ2v) is 6.97. The second kappa shape index (κ2) is 8.93. The van der Waals surface area contributed by atoms with Crippen molar-refractivity contribution in [3.63, 3.8) is 0 Å². The van der Waals surface area contributed by atoms with Crippen molar-refractivity contribution in [1.29, 1.82) is 0 Å². The van der Waals surface area contributed by atoms with Crippen LogP contribution in [-0.2, 0) is 9.53 Å². The highest BCUT2D eigenvalue weighted by Crippen LogP contribution is 2.38. The molecule has 0 saturated heterocycles. The Balaban J connectivity index is 1.62. The summed E-state index contributed by atoms with van der Waals surface area (Å²) in [4.78, 5) is 24.3. The third-order valence-electron chi connectivity index (χ3n) is 4.28. The van der Waals surface area contributed by atoms with Crippen LogP contribution in [0.15, 0.2) is 36.4 Å². The van der Waals surface area contributed by atoms with E-state index >= 15 is 0 Å². The van der Waals surface area contributed by atoms with Crippen LogP contribution in [0, 0.1) is 13.8 Å². The Morgan fingerprint density at radius 2 is 1.93 bits per heavy atom. The highest BCUT2D eigenvalue weighted by Gasteiger charge is 2.15. The Kier molecular flexibility index (Phi) is 6.37. The standard InChI is InChI=1S/C22H21ClO5/c1-14-4-5-15(2)17(10-14)19(24)13-28-21(25)7-6-16-11-18(23)22-20(12-16)26-8-3-9-27-22/h4-7,10-12H,3,8-9,13H2,1-2H3/b7-6+. The summed E-state index contributed by atoms with van der Waals surface area (Å²) < 4.78 is 16.3. The molecular weight excluding hydrogens is 380 g/mol. The largest absolute Gasteiger partial charge is 0.489 e. The zero-order valence-corrected chi connectivity index (χ0v) is 16.5. The number of hydrogen-bond acceptors (Lipinski definition) is 5. The van der Waals surface area contributed by atoms with Crippen molar-refractivity contribution in [2.24, 2.45) is 0 Å². The molecule has 5 nitrogen and oxygen atoms in total. The predicted molar refractivity (Wildman–Crippen MR) is 107 cm³/mol. The van der Waals surface area contributed by atoms with E-state index in [9.17, 15) is 9.59 Å². The van der Waals surface area contributed by atoms with Crippen LogP contribution in [0.3, 0.4) is 0 Å². The summed E-state index contributed by atoms with van der Waals surface area (Å²) in [6.45, 7) is 4.53. The molecular formula is C22H21ClO5. The van der Waals surface area contributed by atoms with E-state index in [1.54, 1.807) is 24.3 Å². The predicted octanol–water partition coefficient (Wildman–Crippen LogP) is 4.56. The molecule has 6 heteroatoms. The molecule has 0 saturated carbocycles. The second-order valence-electron chi connectivity index (χ2n) is 6.56. The quantitative estimate of drug-likeness (QED) is 0.418. The highest BCUT2D eigenvalue weighted by molar-refractivity contribution is 6.32. The monoisotopic (exact) mass is 400 g/mol. The first kappa shape index (κ1) is 20.0. The number of Topliss-reactive ketones (excluding diaryl/α,β-unsaturated/α-hetero) is 1. The maximum atomic E-state index is 12.3. The number of carbonyl (C=O) groups is 2. The minimum absolute atomic E-state index is 0.235. The zero-order chi connectivity index (χ0) is 20.1. The lowest BCUT2D eigenvalue weighted by atomic mass is 10.0. The van der Waals surface area contributed by atoms with Crippen LogP contribution in [0.25, 0.3) is 6.08 Å². The van der Waals surface area contributed by atoms with Gasteiger partial charge >= 0.3 is 5.97 Å². The normalized spacial score (nSPS) is 13.2. The number of esters is 1. The summed E-state index contributed by atoms with van der Waals surface area (Å²) in [5, 5.41) is 0.414. The maximum Gasteiger partial charge on any atom is 0.331 e. The van der Waals surface area contributed by atoms with Crippen LogP contribution in [0.1, 0.15) is 33.5 Å². The van der Waals surface area contributed by atoms with E-state index in [4.69, 9.17) is 25.8 Å². The topological polar surface area (TPSA) is 61.8 Å². The lowest BCUT2D eigenvalue weighted by Crippen LogP contribution is -2.13. The van der Waals surface area contributed by atoms with E-state index in [0.29, 0.717) is 40.9 Å². The molecule has 28 heavy (non-hydrogen) atoms. The third kappa shape index (κ3) is 4.93. The van der Waals surface area contributed by atoms with Gasteiger partial charge in [-0.05, 0) is 49.2 Å². The Morgan fingerprint density at radius 1 is 1.14 bits per heavy atom. The van der Waals surface area contributed by atoms with Crippen molar-refractivity contribution >= 4 is 29.4 Å². The van der Waals surface area contributed by atoms with Crippen LogP contribution in [0.2, 0.25) is 5.02 Å². The van der Waals surface area contributed by atoms with E-state index in [2.05, 4.69) is 0 Å². The van der Waals surface area contributed by atoms with E-state index in [-0.39, 0.29) is 12.4 Å². The van der Waals surface area contributed by atoms with Gasteiger partial charge in [-0.2, -0.15) is 0 Å². The molecule has 0 spiro atoms. The van der Waals surface area contributed by atoms with Gasteiger partial charge in [-0.25, -0.2) is 4.79 Å². The fraction of sp³-hybridized carbons (Fsp3) is 0.273. The van der Waals surface area contributed by atoms with Crippen LogP contribution < -0.4 is 9.47 Å². The van der Waals surface area contributed by atoms with E-state index in [1.807, 2.05) is 26.0 Å². The summed E-state index contributed by atoms with van der Waals surface area (Å²) in [6.07, 6.45) is 3.59. The average Bonchev–Trinajstić information content (AvgIpc) is 2.92. The molecule has 0 fully saturated rings. The fourth-order valence-electron chi connectivity index (χ4n) is 2.81. The first-order valence-electron chi connectivity index (χ1n) is 8.98. The minimum Gasteiger partial charge on any atom is -0.489 e. The van der Waals surface area contributed by atoms with Gasteiger partial charge < -0.3 is 14.2 Å². The molecule has 0 aliphatic carbocycles. The molecule has 0 unspecified atom stereocenters. The summed E-state index contributed by atoms with van der Waals surface area (Å²) in [7, 11) is 0. The van der Waals surface area contributed by atoms with Crippen molar-refractivity contribution in [3.05, 3.63) is 63.7 Å². The molecule has 1 aliphatic heterocycles. The van der Waals surface area contributed by atoms with Gasteiger partial charge in [-0.15, -0.1) is 0 Å². The number of hydrogen-bond donors (Lipinski definition) is 0. The molecule has 1 heterocycles. The number of halogens is 1. The molecule has 0 amide bonds. The average molecular weight is 401 g/mol. The third-order valence-corrected chi connectivity index (χ3v) is 4.56. The van der Waals surface area contributed by atoms with E-state index in [0.717, 1.165) is 17.5 Å². The number of carbonyl (C=O) groups excluding carboxylic acids is 2. The van der Waals surface area contributed by atoms with Gasteiger partial charge in [0.15, 0.2) is 18.1 Å². The molecule has 0 radical (unpaired) electrons. The first-order chi connectivity index (χ1) is 13.4. The molecule has 0 atom stereocenters. The van der Waals surface area contributed by atoms with Gasteiger partial charge in [0.25, 0.3) is 0 Å². The van der Waals surface area contributed by atoms with Gasteiger partial charge in [0, 0.05) is 18.1 Å². The summed E-state index contributed by atoms with van der Waals surface area (Å²) >= 11 is 6.23. The molecule has 146 valence electrons. The van der Waals surface area contributed by atoms with Crippen molar-refractivity contribution < 1.29 is 23.8 Å². The molecule has 2 aromatic carbocycles. The SMILES string of the molecule is Cc1ccc(C)c(C(=O)COC(=O)/C=C/c2cc(Cl)c3c(c2)OCCCO3)c1. The Labute approximate surface area is 168 Å². The lowest BCUT2D eigenvalue weighted by Gasteiger charge is -2.10. The lowest BCUT2D eigenvalue weighted by molar-refractivity contribution is -0.136. The van der Waals surface area contributed by atoms with Gasteiger partial charge in [-0.3, -0.25) is 4.79 Å². The molecule has 3 rings (SSSR count). The van der Waals surface area contributed by atoms with Crippen molar-refractivity contribution in [1.82, 2.24) is 0 Å². The van der Waals surface area contributed by atoms with Crippen LogP contribution in [-0.4, -0.2) is 31.6 Å². The minimum atomic E-state index is -0.609. The van der Waals surface area contributed by atoms with Gasteiger partial charge in [0.1, 0.15) is 0 Å². The van der Waals surface area contributed by atoms with E-state index < -0.39 is 5.97 Å². The van der Waals surface area contributed by atoms with Gasteiger partial charge in [0.2, 0.25) is 5.78 Å². The van der Waals surface area contributed by atoms with Crippen LogP contribution in [0.4, 0.5) is 0 Å². The number of fused-ring (bicyclic) bond motifs is 1. The van der Waals surface area contributed by atoms with E-state index in [1.165, 1.54) is 6.08 Å². The number of ketones is 1. The number of aryl methyl sites for hydroxylation is 2. The Hall–Kier alpha value is -2.79. The zero-order valence-electron chi connectivity index (χ0n) is 15.8. The highest BCUT2D eigenvalue weighted by atomic mass is 35.5. The van der Waals surface area contributed by atoms with Gasteiger partial charge in [0.05, 0.1) is 18.2 Å². The molecule has 0 N–H and O–H groups in total. The summed E-state index contributed by atoms with van der Waals surface area (Å²) in [5.74, 6) is 0.213. The first-order valence-corrected chi connectivity index (χ1v) is 9.36. The molecule has 2 aromatic rings. The van der Waals surface area contributed by atoms with Crippen molar-refractivity contribution in [2.45, 2.75) is 20.3 Å². The van der Waals surface area contributed by atoms with Crippen LogP contribution in [0.5, 0.6) is 11.5 Å². The Morgan fingerprint density at radius 3 is 2.75 bits per heavy atom. The Bertz CT molecular complexity index is 933. The summed E-state index contributed by atoms with van der Waals surface area (Å²) in [6, 6.07) is 9.03. The van der Waals surface area contributed by atoms with Crippen LogP contribution >= 0.6 is 11.6 Å². The van der Waals surface area contributed by atoms with Crippen molar-refractivity contribution in [2.75, 3.05) is 19.8 Å². The number of ether oxygens (including phenoxy) is 3. The molecule has 1 aliphatic rings. The van der Waals surface area contributed by atoms with Crippen molar-refractivity contribution in [3.8, 4) is 11.5 Å². The maximum absolute atomic E-state index is 12.3. The summed E-state index contributed by atoms with van der Waals surface area (Å²) in [5.41, 5.74) is 3.06. The number of benzene rings is 2.